The summed E-state index contributed by atoms with van der Waals surface area (Å²) in [4.78, 5) is 0. The summed E-state index contributed by atoms with van der Waals surface area (Å²) in [6, 6.07) is 6.27. The molecule has 0 amide bonds. The van der Waals surface area contributed by atoms with Gasteiger partial charge in [0, 0.05) is 11.6 Å². The Morgan fingerprint density at radius 3 is 2.62 bits per heavy atom. The average molecular weight is 179 g/mol. The molecule has 0 heterocycles. The van der Waals surface area contributed by atoms with Gasteiger partial charge in [0.05, 0.1) is 0 Å². The summed E-state index contributed by atoms with van der Waals surface area (Å²) < 4.78 is 13.2. The minimum absolute atomic E-state index is 0.0805. The lowest BCUT2D eigenvalue weighted by molar-refractivity contribution is 0.521. The fourth-order valence-corrected chi connectivity index (χ4v) is 1.18. The Hall–Kier alpha value is -1.15. The molecule has 0 bridgehead atoms. The van der Waals surface area contributed by atoms with Gasteiger partial charge in [-0.15, -0.1) is 6.58 Å². The summed E-state index contributed by atoms with van der Waals surface area (Å²) in [5.41, 5.74) is 6.39. The van der Waals surface area contributed by atoms with Gasteiger partial charge in [0.15, 0.2) is 0 Å². The van der Waals surface area contributed by atoms with Gasteiger partial charge >= 0.3 is 0 Å². The quantitative estimate of drug-likeness (QED) is 0.709. The van der Waals surface area contributed by atoms with Gasteiger partial charge in [-0.25, -0.2) is 4.39 Å². The van der Waals surface area contributed by atoms with E-state index in [-0.39, 0.29) is 17.8 Å². The van der Waals surface area contributed by atoms with Crippen LogP contribution in [0.15, 0.2) is 36.9 Å². The SMILES string of the molecule is C=C[C@@H](C)[C@H](N)c1ccccc1F. The van der Waals surface area contributed by atoms with Crippen molar-refractivity contribution in [3.05, 3.63) is 48.3 Å². The first kappa shape index (κ1) is 9.93. The highest BCUT2D eigenvalue weighted by atomic mass is 19.1. The van der Waals surface area contributed by atoms with E-state index in [0.29, 0.717) is 5.56 Å². The number of rotatable bonds is 3. The molecule has 2 N–H and O–H groups in total. The van der Waals surface area contributed by atoms with Crippen molar-refractivity contribution in [3.8, 4) is 0 Å². The third-order valence-corrected chi connectivity index (χ3v) is 2.20. The van der Waals surface area contributed by atoms with Crippen molar-refractivity contribution in [3.63, 3.8) is 0 Å². The first-order valence-electron chi connectivity index (χ1n) is 4.29. The van der Waals surface area contributed by atoms with Crippen LogP contribution in [0.5, 0.6) is 0 Å². The molecule has 2 atom stereocenters. The summed E-state index contributed by atoms with van der Waals surface area (Å²) >= 11 is 0. The fourth-order valence-electron chi connectivity index (χ4n) is 1.18. The van der Waals surface area contributed by atoms with Gasteiger partial charge in [-0.1, -0.05) is 31.2 Å². The van der Waals surface area contributed by atoms with Crippen molar-refractivity contribution in [2.24, 2.45) is 11.7 Å². The molecule has 0 fully saturated rings. The van der Waals surface area contributed by atoms with Gasteiger partial charge < -0.3 is 5.73 Å². The smallest absolute Gasteiger partial charge is 0.127 e. The molecule has 70 valence electrons. The van der Waals surface area contributed by atoms with E-state index in [0.717, 1.165) is 0 Å². The van der Waals surface area contributed by atoms with Crippen LogP contribution < -0.4 is 5.73 Å². The Bertz CT molecular complexity index is 296. The predicted molar refractivity (Wildman–Crippen MR) is 52.7 cm³/mol. The van der Waals surface area contributed by atoms with Crippen LogP contribution in [0.4, 0.5) is 4.39 Å². The summed E-state index contributed by atoms with van der Waals surface area (Å²) in [5, 5.41) is 0. The molecule has 0 saturated heterocycles. The van der Waals surface area contributed by atoms with Gasteiger partial charge in [-0.05, 0) is 12.0 Å². The van der Waals surface area contributed by atoms with E-state index < -0.39 is 0 Å². The highest BCUT2D eigenvalue weighted by Gasteiger charge is 2.14. The van der Waals surface area contributed by atoms with Crippen LogP contribution in [0.25, 0.3) is 0 Å². The molecule has 0 aliphatic carbocycles. The number of hydrogen-bond acceptors (Lipinski definition) is 1. The van der Waals surface area contributed by atoms with Crippen molar-refractivity contribution < 1.29 is 4.39 Å². The summed E-state index contributed by atoms with van der Waals surface area (Å²) in [7, 11) is 0. The fraction of sp³-hybridized carbons (Fsp3) is 0.273. The highest BCUT2D eigenvalue weighted by molar-refractivity contribution is 5.22. The van der Waals surface area contributed by atoms with Gasteiger partial charge in [-0.2, -0.15) is 0 Å². The van der Waals surface area contributed by atoms with Crippen molar-refractivity contribution >= 4 is 0 Å². The van der Waals surface area contributed by atoms with Gasteiger partial charge in [-0.3, -0.25) is 0 Å². The number of nitrogens with two attached hydrogens (primary N) is 1. The second-order valence-corrected chi connectivity index (χ2v) is 3.14. The molecule has 2 heteroatoms. The van der Waals surface area contributed by atoms with Crippen LogP contribution in [-0.2, 0) is 0 Å². The molecule has 1 nitrogen and oxygen atoms in total. The summed E-state index contributed by atoms with van der Waals surface area (Å²) in [6.45, 7) is 5.56. The van der Waals surface area contributed by atoms with Gasteiger partial charge in [0.2, 0.25) is 0 Å². The van der Waals surface area contributed by atoms with E-state index in [1.807, 2.05) is 6.92 Å². The van der Waals surface area contributed by atoms with Crippen LogP contribution in [-0.4, -0.2) is 0 Å². The third kappa shape index (κ3) is 2.16. The zero-order valence-corrected chi connectivity index (χ0v) is 7.70. The van der Waals surface area contributed by atoms with Crippen molar-refractivity contribution in [1.29, 1.82) is 0 Å². The zero-order chi connectivity index (χ0) is 9.84. The molecule has 0 unspecified atom stereocenters. The minimum atomic E-state index is -0.307. The molecule has 1 aromatic rings. The maximum atomic E-state index is 13.2. The van der Waals surface area contributed by atoms with Crippen LogP contribution in [0.2, 0.25) is 0 Å². The molecule has 0 aliphatic heterocycles. The van der Waals surface area contributed by atoms with Crippen molar-refractivity contribution in [1.82, 2.24) is 0 Å². The molecular weight excluding hydrogens is 165 g/mol. The molecular formula is C11H14FN. The minimum Gasteiger partial charge on any atom is -0.323 e. The number of hydrogen-bond donors (Lipinski definition) is 1. The van der Waals surface area contributed by atoms with Crippen LogP contribution in [0.1, 0.15) is 18.5 Å². The molecule has 1 aromatic carbocycles. The zero-order valence-electron chi connectivity index (χ0n) is 7.70. The lowest BCUT2D eigenvalue weighted by Crippen LogP contribution is -2.18. The first-order chi connectivity index (χ1) is 6.16. The average Bonchev–Trinajstić information content (AvgIpc) is 2.16. The molecule has 0 aliphatic rings. The second kappa shape index (κ2) is 4.19. The van der Waals surface area contributed by atoms with Crippen LogP contribution >= 0.6 is 0 Å². The number of benzene rings is 1. The van der Waals surface area contributed by atoms with Crippen LogP contribution in [0.3, 0.4) is 0 Å². The second-order valence-electron chi connectivity index (χ2n) is 3.14. The van der Waals surface area contributed by atoms with E-state index in [2.05, 4.69) is 6.58 Å². The Labute approximate surface area is 78.1 Å². The maximum Gasteiger partial charge on any atom is 0.127 e. The molecule has 0 spiro atoms. The van der Waals surface area contributed by atoms with Crippen LogP contribution in [0, 0.1) is 11.7 Å². The summed E-state index contributed by atoms with van der Waals surface area (Å²) in [5.74, 6) is -0.166. The van der Waals surface area contributed by atoms with E-state index in [1.54, 1.807) is 24.3 Å². The molecule has 0 aromatic heterocycles. The topological polar surface area (TPSA) is 26.0 Å². The predicted octanol–water partition coefficient (Wildman–Crippen LogP) is 2.65. The highest BCUT2D eigenvalue weighted by Crippen LogP contribution is 2.21. The van der Waals surface area contributed by atoms with E-state index in [4.69, 9.17) is 5.73 Å². The lowest BCUT2D eigenvalue weighted by atomic mass is 9.95. The Morgan fingerprint density at radius 1 is 1.46 bits per heavy atom. The molecule has 0 radical (unpaired) electrons. The normalized spacial score (nSPS) is 15.0. The van der Waals surface area contributed by atoms with Crippen molar-refractivity contribution in [2.75, 3.05) is 0 Å². The van der Waals surface area contributed by atoms with E-state index in [9.17, 15) is 4.39 Å². The van der Waals surface area contributed by atoms with Gasteiger partial charge in [0.25, 0.3) is 0 Å². The monoisotopic (exact) mass is 179 g/mol. The first-order valence-corrected chi connectivity index (χ1v) is 4.29. The van der Waals surface area contributed by atoms with E-state index >= 15 is 0 Å². The molecule has 1 rings (SSSR count). The Morgan fingerprint density at radius 2 is 2.08 bits per heavy atom. The Kier molecular flexibility index (Phi) is 3.20. The largest absolute Gasteiger partial charge is 0.323 e. The van der Waals surface area contributed by atoms with Crippen molar-refractivity contribution in [2.45, 2.75) is 13.0 Å². The standard InChI is InChI=1S/C11H14FN/c1-3-8(2)11(13)9-6-4-5-7-10(9)12/h3-8,11H,1,13H2,2H3/t8-,11+/m1/s1. The van der Waals surface area contributed by atoms with Gasteiger partial charge in [0.1, 0.15) is 5.82 Å². The lowest BCUT2D eigenvalue weighted by Gasteiger charge is -2.17. The maximum absolute atomic E-state index is 13.2. The third-order valence-electron chi connectivity index (χ3n) is 2.20. The molecule has 13 heavy (non-hydrogen) atoms. The number of halogens is 1. The molecule has 0 saturated carbocycles. The summed E-state index contributed by atoms with van der Waals surface area (Å²) in [6.07, 6.45) is 1.73. The van der Waals surface area contributed by atoms with E-state index in [1.165, 1.54) is 6.07 Å². The Balaban J connectivity index is 2.94.